The lowest BCUT2D eigenvalue weighted by Crippen LogP contribution is -2.48. The molecule has 0 bridgehead atoms. The van der Waals surface area contributed by atoms with Gasteiger partial charge in [-0.25, -0.2) is 13.2 Å². The highest BCUT2D eigenvalue weighted by molar-refractivity contribution is 7.89. The van der Waals surface area contributed by atoms with Crippen LogP contribution in [0.5, 0.6) is 5.75 Å². The molecule has 2 aromatic carbocycles. The van der Waals surface area contributed by atoms with E-state index in [-0.39, 0.29) is 10.9 Å². The fourth-order valence-electron chi connectivity index (χ4n) is 3.71. The molecule has 34 heavy (non-hydrogen) atoms. The lowest BCUT2D eigenvalue weighted by atomic mass is 10.2. The van der Waals surface area contributed by atoms with E-state index >= 15 is 0 Å². The van der Waals surface area contributed by atoms with E-state index in [1.807, 2.05) is 30.3 Å². The van der Waals surface area contributed by atoms with Gasteiger partial charge in [0, 0.05) is 62.6 Å². The highest BCUT2D eigenvalue weighted by Crippen LogP contribution is 2.24. The molecule has 1 aliphatic heterocycles. The van der Waals surface area contributed by atoms with Crippen LogP contribution in [0.3, 0.4) is 0 Å². The van der Waals surface area contributed by atoms with Gasteiger partial charge in [-0.2, -0.15) is 4.31 Å². The number of anilines is 2. The van der Waals surface area contributed by atoms with Crippen LogP contribution in [0, 0.1) is 0 Å². The van der Waals surface area contributed by atoms with E-state index in [4.69, 9.17) is 4.74 Å². The number of benzene rings is 2. The van der Waals surface area contributed by atoms with Crippen LogP contribution in [-0.2, 0) is 16.6 Å². The Labute approximate surface area is 199 Å². The van der Waals surface area contributed by atoms with E-state index in [2.05, 4.69) is 20.5 Å². The van der Waals surface area contributed by atoms with E-state index in [0.29, 0.717) is 38.4 Å². The predicted octanol–water partition coefficient (Wildman–Crippen LogP) is 2.92. The van der Waals surface area contributed by atoms with E-state index in [9.17, 15) is 13.2 Å². The third-order valence-corrected chi connectivity index (χ3v) is 7.50. The smallest absolute Gasteiger partial charge is 0.319 e. The summed E-state index contributed by atoms with van der Waals surface area (Å²) >= 11 is 0. The molecule has 178 valence electrons. The topological polar surface area (TPSA) is 104 Å². The highest BCUT2D eigenvalue weighted by Gasteiger charge is 2.28. The van der Waals surface area contributed by atoms with Gasteiger partial charge in [0.05, 0.1) is 12.0 Å². The molecule has 1 aliphatic rings. The lowest BCUT2D eigenvalue weighted by molar-refractivity contribution is 0.251. The monoisotopic (exact) mass is 481 g/mol. The third kappa shape index (κ3) is 5.64. The zero-order valence-electron chi connectivity index (χ0n) is 18.8. The van der Waals surface area contributed by atoms with Gasteiger partial charge < -0.3 is 20.3 Å². The Kier molecular flexibility index (Phi) is 7.29. The number of rotatable bonds is 7. The quantitative estimate of drug-likeness (QED) is 0.538. The van der Waals surface area contributed by atoms with Crippen LogP contribution in [0.1, 0.15) is 5.56 Å². The minimum absolute atomic E-state index is 0.198. The van der Waals surface area contributed by atoms with Crippen molar-refractivity contribution >= 4 is 27.4 Å². The minimum atomic E-state index is -3.63. The third-order valence-electron chi connectivity index (χ3n) is 5.58. The first-order chi connectivity index (χ1) is 16.5. The van der Waals surface area contributed by atoms with Crippen molar-refractivity contribution in [3.05, 3.63) is 78.6 Å². The molecule has 4 rings (SSSR count). The summed E-state index contributed by atoms with van der Waals surface area (Å²) in [5, 5.41) is 5.45. The maximum absolute atomic E-state index is 13.1. The molecule has 3 aromatic rings. The van der Waals surface area contributed by atoms with E-state index in [1.165, 1.54) is 16.4 Å². The van der Waals surface area contributed by atoms with Crippen molar-refractivity contribution in [3.8, 4) is 5.75 Å². The summed E-state index contributed by atoms with van der Waals surface area (Å²) < 4.78 is 33.0. The summed E-state index contributed by atoms with van der Waals surface area (Å²) in [6.45, 7) is 2.28. The number of nitrogens with zero attached hydrogens (tertiary/aromatic N) is 3. The molecule has 0 saturated carbocycles. The molecule has 1 aromatic heterocycles. The number of sulfonamides is 1. The van der Waals surface area contributed by atoms with Crippen molar-refractivity contribution in [1.82, 2.24) is 14.6 Å². The van der Waals surface area contributed by atoms with E-state index < -0.39 is 10.0 Å². The van der Waals surface area contributed by atoms with Crippen molar-refractivity contribution in [2.24, 2.45) is 0 Å². The number of urea groups is 1. The van der Waals surface area contributed by atoms with Gasteiger partial charge in [-0.05, 0) is 48.0 Å². The number of hydrogen-bond donors (Lipinski definition) is 2. The van der Waals surface area contributed by atoms with Crippen LogP contribution in [0.2, 0.25) is 0 Å². The van der Waals surface area contributed by atoms with Crippen LogP contribution in [0.25, 0.3) is 0 Å². The first-order valence-corrected chi connectivity index (χ1v) is 12.3. The van der Waals surface area contributed by atoms with Crippen molar-refractivity contribution < 1.29 is 17.9 Å². The maximum atomic E-state index is 13.1. The molecule has 0 atom stereocenters. The van der Waals surface area contributed by atoms with Crippen molar-refractivity contribution in [3.63, 3.8) is 0 Å². The summed E-state index contributed by atoms with van der Waals surface area (Å²) in [5.41, 5.74) is 2.39. The van der Waals surface area contributed by atoms with Crippen LogP contribution in [-0.4, -0.2) is 57.0 Å². The molecule has 9 nitrogen and oxygen atoms in total. The number of hydrogen-bond acceptors (Lipinski definition) is 6. The Morgan fingerprint density at radius 2 is 1.79 bits per heavy atom. The number of nitrogens with one attached hydrogen (secondary N) is 2. The molecule has 0 spiro atoms. The average molecular weight is 482 g/mol. The molecular weight excluding hydrogens is 454 g/mol. The Hall–Kier alpha value is -3.63. The molecule has 10 heteroatoms. The van der Waals surface area contributed by atoms with Crippen molar-refractivity contribution in [2.45, 2.75) is 11.4 Å². The number of ether oxygens (including phenoxy) is 1. The number of aromatic nitrogens is 1. The fraction of sp³-hybridized carbons (Fsp3) is 0.250. The number of methoxy groups -OCH3 is 1. The lowest BCUT2D eigenvalue weighted by Gasteiger charge is -2.35. The Morgan fingerprint density at radius 1 is 1.03 bits per heavy atom. The second kappa shape index (κ2) is 10.5. The summed E-state index contributed by atoms with van der Waals surface area (Å²) in [6, 6.07) is 17.2. The molecule has 0 unspecified atom stereocenters. The van der Waals surface area contributed by atoms with Gasteiger partial charge in [-0.15, -0.1) is 0 Å². The summed E-state index contributed by atoms with van der Waals surface area (Å²) in [7, 11) is -2.00. The molecule has 2 N–H and O–H groups in total. The SMILES string of the molecule is COc1cccc(N2CCN(S(=O)(=O)c3ccc(NC(=O)NCc4cccnc4)cc3)CC2)c1. The van der Waals surface area contributed by atoms with E-state index in [1.54, 1.807) is 37.7 Å². The van der Waals surface area contributed by atoms with Gasteiger partial charge >= 0.3 is 6.03 Å². The number of carbonyl (C=O) groups is 1. The second-order valence-electron chi connectivity index (χ2n) is 7.79. The average Bonchev–Trinajstić information content (AvgIpc) is 2.88. The zero-order valence-corrected chi connectivity index (χ0v) is 19.7. The van der Waals surface area contributed by atoms with Gasteiger partial charge in [-0.3, -0.25) is 4.98 Å². The molecular formula is C24H27N5O4S. The molecule has 0 radical (unpaired) electrons. The van der Waals surface area contributed by atoms with E-state index in [0.717, 1.165) is 17.0 Å². The predicted molar refractivity (Wildman–Crippen MR) is 131 cm³/mol. The Balaban J connectivity index is 1.32. The van der Waals surface area contributed by atoms with Gasteiger partial charge in [0.15, 0.2) is 0 Å². The largest absolute Gasteiger partial charge is 0.497 e. The van der Waals surface area contributed by atoms with Crippen LogP contribution >= 0.6 is 0 Å². The van der Waals surface area contributed by atoms with Gasteiger partial charge in [-0.1, -0.05) is 12.1 Å². The van der Waals surface area contributed by atoms with Crippen LogP contribution in [0.4, 0.5) is 16.2 Å². The summed E-state index contributed by atoms with van der Waals surface area (Å²) in [5.74, 6) is 0.770. The molecule has 2 heterocycles. The first kappa shape index (κ1) is 23.5. The van der Waals surface area contributed by atoms with Gasteiger partial charge in [0.25, 0.3) is 0 Å². The fourth-order valence-corrected chi connectivity index (χ4v) is 5.14. The Bertz CT molecular complexity index is 1210. The molecule has 2 amide bonds. The number of piperazine rings is 1. The minimum Gasteiger partial charge on any atom is -0.497 e. The van der Waals surface area contributed by atoms with Crippen LogP contribution < -0.4 is 20.3 Å². The second-order valence-corrected chi connectivity index (χ2v) is 9.72. The van der Waals surface area contributed by atoms with Crippen molar-refractivity contribution in [1.29, 1.82) is 0 Å². The normalized spacial score (nSPS) is 14.4. The standard InChI is InChI=1S/C24H27N5O4S/c1-33-22-6-2-5-21(16-22)28-12-14-29(15-13-28)34(31,32)23-9-7-20(8-10-23)27-24(30)26-18-19-4-3-11-25-17-19/h2-11,16-17H,12-15,18H2,1H3,(H2,26,27,30). The molecule has 1 fully saturated rings. The van der Waals surface area contributed by atoms with Crippen LogP contribution in [0.15, 0.2) is 78.0 Å². The summed E-state index contributed by atoms with van der Waals surface area (Å²) in [4.78, 5) is 18.5. The number of carbonyl (C=O) groups excluding carboxylic acids is 1. The molecule has 0 aliphatic carbocycles. The highest BCUT2D eigenvalue weighted by atomic mass is 32.2. The van der Waals surface area contributed by atoms with Crippen molar-refractivity contribution in [2.75, 3.05) is 43.5 Å². The zero-order chi connectivity index (χ0) is 24.0. The first-order valence-electron chi connectivity index (χ1n) is 10.9. The Morgan fingerprint density at radius 3 is 2.47 bits per heavy atom. The van der Waals surface area contributed by atoms with Gasteiger partial charge in [0.2, 0.25) is 10.0 Å². The maximum Gasteiger partial charge on any atom is 0.319 e. The molecule has 1 saturated heterocycles. The number of pyridine rings is 1. The number of amides is 2. The summed E-state index contributed by atoms with van der Waals surface area (Å²) in [6.07, 6.45) is 3.34. The van der Waals surface area contributed by atoms with Gasteiger partial charge in [0.1, 0.15) is 5.75 Å².